The monoisotopic (exact) mass is 621 g/mol. The molecule has 2 N–H and O–H groups in total. The van der Waals surface area contributed by atoms with Gasteiger partial charge in [0.2, 0.25) is 0 Å². The molecule has 1 aliphatic heterocycles. The number of aromatic nitrogens is 3. The highest BCUT2D eigenvalue weighted by molar-refractivity contribution is 7.85. The van der Waals surface area contributed by atoms with Gasteiger partial charge in [0.15, 0.2) is 0 Å². The first-order valence-corrected chi connectivity index (χ1v) is 14.1. The number of nitrogens with zero attached hydrogens (tertiary/aromatic N) is 4. The minimum Gasteiger partial charge on any atom is -0.420 e. The van der Waals surface area contributed by atoms with Crippen LogP contribution in [0.5, 0.6) is 5.75 Å². The molecule has 3 heterocycles. The first-order chi connectivity index (χ1) is 19.9. The number of hydrogen-bond acceptors (Lipinski definition) is 8. The molecule has 0 radical (unpaired) electrons. The average molecular weight is 622 g/mol. The molecule has 2 aromatic carbocycles. The normalized spacial score (nSPS) is 15.0. The van der Waals surface area contributed by atoms with Crippen molar-refractivity contribution in [2.75, 3.05) is 23.3 Å². The lowest BCUT2D eigenvalue weighted by Gasteiger charge is -2.20. The van der Waals surface area contributed by atoms with E-state index in [1.165, 1.54) is 61.2 Å². The largest absolute Gasteiger partial charge is 0.487 e. The van der Waals surface area contributed by atoms with Crippen molar-refractivity contribution in [1.29, 1.82) is 0 Å². The second kappa shape index (κ2) is 13.1. The van der Waals surface area contributed by atoms with Crippen LogP contribution in [0.25, 0.3) is 11.3 Å². The number of ether oxygens (including phenoxy) is 1. The summed E-state index contributed by atoms with van der Waals surface area (Å²) in [5.41, 5.74) is -2.20. The van der Waals surface area contributed by atoms with Gasteiger partial charge in [-0.2, -0.15) is 8.42 Å². The molecule has 1 saturated heterocycles. The maximum Gasteiger partial charge on any atom is 0.487 e. The Morgan fingerprint density at radius 2 is 1.79 bits per heavy atom. The predicted octanol–water partition coefficient (Wildman–Crippen LogP) is 5.44. The zero-order valence-electron chi connectivity index (χ0n) is 21.6. The van der Waals surface area contributed by atoms with Crippen LogP contribution in [-0.2, 0) is 10.1 Å². The van der Waals surface area contributed by atoms with Gasteiger partial charge < -0.3 is 15.0 Å². The van der Waals surface area contributed by atoms with E-state index < -0.39 is 27.8 Å². The molecule has 15 heteroatoms. The molecule has 0 aliphatic carbocycles. The number of hydrogen-bond donors (Lipinski definition) is 2. The van der Waals surface area contributed by atoms with E-state index >= 15 is 0 Å². The SMILES string of the molecule is O=C(Nc1ccc(OC(F)(F)Cl)cc1)c1cnc(N2CC[C@@H](F)C2)c(-c2cnccn2)c1.O=S(=O)(O)c1ccccc1. The molecule has 220 valence electrons. The van der Waals surface area contributed by atoms with Gasteiger partial charge in [0.25, 0.3) is 16.0 Å². The number of rotatable bonds is 7. The van der Waals surface area contributed by atoms with Crippen LogP contribution in [0.2, 0.25) is 0 Å². The fourth-order valence-electron chi connectivity index (χ4n) is 3.91. The number of anilines is 2. The van der Waals surface area contributed by atoms with Crippen molar-refractivity contribution in [3.8, 4) is 17.0 Å². The van der Waals surface area contributed by atoms with Crippen molar-refractivity contribution >= 4 is 39.1 Å². The Hall–Kier alpha value is -4.27. The summed E-state index contributed by atoms with van der Waals surface area (Å²) in [5, 5.41) is 2.66. The van der Waals surface area contributed by atoms with Gasteiger partial charge in [-0.3, -0.25) is 19.3 Å². The van der Waals surface area contributed by atoms with Crippen LogP contribution in [-0.4, -0.2) is 58.7 Å². The van der Waals surface area contributed by atoms with E-state index in [0.717, 1.165) is 0 Å². The highest BCUT2D eigenvalue weighted by atomic mass is 35.5. The number of halogens is 4. The van der Waals surface area contributed by atoms with Crippen LogP contribution in [0.15, 0.2) is 90.3 Å². The number of carbonyl (C=O) groups excluding carboxylic acids is 1. The molecular weight excluding hydrogens is 599 g/mol. The Morgan fingerprint density at radius 3 is 2.33 bits per heavy atom. The molecule has 5 rings (SSSR count). The predicted molar refractivity (Wildman–Crippen MR) is 149 cm³/mol. The summed E-state index contributed by atoms with van der Waals surface area (Å²) in [4.78, 5) is 27.2. The van der Waals surface area contributed by atoms with E-state index in [-0.39, 0.29) is 22.8 Å². The Morgan fingerprint density at radius 1 is 1.07 bits per heavy atom. The molecule has 0 bridgehead atoms. The summed E-state index contributed by atoms with van der Waals surface area (Å²) in [5.74, 6) is -0.114. The van der Waals surface area contributed by atoms with E-state index in [4.69, 9.17) is 16.2 Å². The standard InChI is InChI=1S/C21H17ClF3N5O2.C6H6O3S/c22-21(24,25)32-16-3-1-15(2-4-16)29-20(31)13-9-17(18-11-26-6-7-27-18)19(28-10-13)30-8-5-14(23)12-30;7-10(8,9)6-4-2-1-3-5-6/h1-4,6-7,9-11,14H,5,8,12H2,(H,29,31);1-5H,(H,7,8,9)/t14-;/m1./s1. The highest BCUT2D eigenvalue weighted by Gasteiger charge is 2.28. The molecule has 1 atom stereocenters. The first kappa shape index (κ1) is 30.7. The topological polar surface area (TPSA) is 135 Å². The number of benzene rings is 2. The lowest BCUT2D eigenvalue weighted by atomic mass is 10.1. The zero-order chi connectivity index (χ0) is 30.3. The average Bonchev–Trinajstić information content (AvgIpc) is 3.40. The number of pyridine rings is 1. The molecule has 1 amide bonds. The van der Waals surface area contributed by atoms with Crippen molar-refractivity contribution in [2.24, 2.45) is 0 Å². The van der Waals surface area contributed by atoms with E-state index in [9.17, 15) is 26.4 Å². The van der Waals surface area contributed by atoms with Gasteiger partial charge in [-0.25, -0.2) is 9.37 Å². The molecule has 2 aromatic heterocycles. The maximum absolute atomic E-state index is 13.7. The molecular formula is C27H23ClF3N5O5S. The van der Waals surface area contributed by atoms with E-state index in [1.54, 1.807) is 24.3 Å². The third-order valence-corrected chi connectivity index (χ3v) is 6.73. The Labute approximate surface area is 243 Å². The lowest BCUT2D eigenvalue weighted by Crippen LogP contribution is -2.23. The van der Waals surface area contributed by atoms with Gasteiger partial charge in [-0.15, -0.1) is 8.78 Å². The molecule has 0 spiro atoms. The van der Waals surface area contributed by atoms with Crippen molar-refractivity contribution < 1.29 is 35.7 Å². The minimum atomic E-state index is -4.00. The molecule has 1 aliphatic rings. The van der Waals surface area contributed by atoms with Crippen LogP contribution < -0.4 is 15.0 Å². The van der Waals surface area contributed by atoms with Crippen LogP contribution in [0.3, 0.4) is 0 Å². The van der Waals surface area contributed by atoms with Crippen LogP contribution >= 0.6 is 11.6 Å². The van der Waals surface area contributed by atoms with Crippen molar-refractivity contribution in [1.82, 2.24) is 15.0 Å². The zero-order valence-corrected chi connectivity index (χ0v) is 23.1. The fourth-order valence-corrected chi connectivity index (χ4v) is 4.50. The Balaban J connectivity index is 0.000000343. The lowest BCUT2D eigenvalue weighted by molar-refractivity contribution is -0.0964. The highest BCUT2D eigenvalue weighted by Crippen LogP contribution is 2.31. The second-order valence-corrected chi connectivity index (χ2v) is 10.7. The Kier molecular flexibility index (Phi) is 9.60. The minimum absolute atomic E-state index is 0.0741. The van der Waals surface area contributed by atoms with E-state index in [2.05, 4.69) is 25.0 Å². The van der Waals surface area contributed by atoms with Gasteiger partial charge in [-0.1, -0.05) is 18.2 Å². The quantitative estimate of drug-likeness (QED) is 0.204. The summed E-state index contributed by atoms with van der Waals surface area (Å²) in [6.45, 7) is 0.713. The fraction of sp³-hybridized carbons (Fsp3) is 0.185. The molecule has 10 nitrogen and oxygen atoms in total. The van der Waals surface area contributed by atoms with Gasteiger partial charge in [0, 0.05) is 48.0 Å². The first-order valence-electron chi connectivity index (χ1n) is 12.2. The molecule has 0 saturated carbocycles. The van der Waals surface area contributed by atoms with Gasteiger partial charge in [0.1, 0.15) is 17.7 Å². The number of nitrogens with one attached hydrogen (secondary N) is 1. The van der Waals surface area contributed by atoms with Gasteiger partial charge in [0.05, 0.1) is 28.9 Å². The third kappa shape index (κ3) is 8.61. The van der Waals surface area contributed by atoms with E-state index in [1.807, 2.05) is 4.90 Å². The summed E-state index contributed by atoms with van der Waals surface area (Å²) in [7, 11) is -4.00. The number of alkyl halides is 4. The van der Waals surface area contributed by atoms with Crippen LogP contribution in [0.1, 0.15) is 16.8 Å². The van der Waals surface area contributed by atoms with Gasteiger partial charge >= 0.3 is 5.57 Å². The van der Waals surface area contributed by atoms with Crippen LogP contribution in [0.4, 0.5) is 24.7 Å². The molecule has 0 unspecified atom stereocenters. The summed E-state index contributed by atoms with van der Waals surface area (Å²) < 4.78 is 72.7. The Bertz CT molecular complexity index is 1610. The van der Waals surface area contributed by atoms with E-state index in [0.29, 0.717) is 35.7 Å². The van der Waals surface area contributed by atoms with Crippen molar-refractivity contribution in [3.05, 3.63) is 91.0 Å². The molecule has 42 heavy (non-hydrogen) atoms. The van der Waals surface area contributed by atoms with Crippen molar-refractivity contribution in [2.45, 2.75) is 23.1 Å². The summed E-state index contributed by atoms with van der Waals surface area (Å²) in [6, 6.07) is 14.3. The number of carbonyl (C=O) groups is 1. The smallest absolute Gasteiger partial charge is 0.420 e. The second-order valence-electron chi connectivity index (χ2n) is 8.83. The third-order valence-electron chi connectivity index (χ3n) is 5.79. The molecule has 1 fully saturated rings. The molecule has 4 aromatic rings. The number of amides is 1. The van der Waals surface area contributed by atoms with Gasteiger partial charge in [-0.05, 0) is 48.9 Å². The summed E-state index contributed by atoms with van der Waals surface area (Å²) in [6.07, 6.45) is 5.42. The van der Waals surface area contributed by atoms with Crippen LogP contribution in [0, 0.1) is 0 Å². The summed E-state index contributed by atoms with van der Waals surface area (Å²) >= 11 is 4.74. The van der Waals surface area contributed by atoms with Crippen molar-refractivity contribution in [3.63, 3.8) is 0 Å². The maximum atomic E-state index is 13.7.